The van der Waals surface area contributed by atoms with Gasteiger partial charge < -0.3 is 14.1 Å². The molecule has 8 nitrogen and oxygen atoms in total. The predicted octanol–water partition coefficient (Wildman–Crippen LogP) is 3.72. The zero-order valence-electron chi connectivity index (χ0n) is 18.4. The quantitative estimate of drug-likeness (QED) is 0.253. The lowest BCUT2D eigenvalue weighted by atomic mass is 10.1. The van der Waals surface area contributed by atoms with Crippen LogP contribution in [0.4, 0.5) is 5.69 Å². The first-order valence-electron chi connectivity index (χ1n) is 10.7. The standard InChI is InChI=1S/C25H24N4O4/c1-3-29(4-2)20-11-10-18-13-19(25(31)33-22(18)14-20)15-27-28-23(30)16-32-21-9-5-7-17-8-6-12-26-24(17)21/h5-15H,3-4,16H2,1-2H3,(H,28,30)/b27-15+. The Morgan fingerprint density at radius 3 is 2.76 bits per heavy atom. The molecule has 0 saturated heterocycles. The van der Waals surface area contributed by atoms with Crippen LogP contribution in [0.1, 0.15) is 19.4 Å². The number of aromatic nitrogens is 1. The number of hydrogen-bond donors (Lipinski definition) is 1. The summed E-state index contributed by atoms with van der Waals surface area (Å²) in [6.45, 7) is 5.62. The SMILES string of the molecule is CCN(CC)c1ccc2cc(/C=N/NC(=O)COc3cccc4cccnc34)c(=O)oc2c1. The fourth-order valence-corrected chi connectivity index (χ4v) is 3.53. The molecule has 168 valence electrons. The summed E-state index contributed by atoms with van der Waals surface area (Å²) in [5, 5.41) is 5.55. The van der Waals surface area contributed by atoms with Gasteiger partial charge in [0.15, 0.2) is 6.61 Å². The van der Waals surface area contributed by atoms with Gasteiger partial charge in [0.05, 0.1) is 11.8 Å². The first-order valence-corrected chi connectivity index (χ1v) is 10.7. The Bertz CT molecular complexity index is 1370. The number of carbonyl (C=O) groups excluding carboxylic acids is 1. The monoisotopic (exact) mass is 444 g/mol. The van der Waals surface area contributed by atoms with Gasteiger partial charge in [-0.15, -0.1) is 0 Å². The molecule has 0 aliphatic rings. The van der Waals surface area contributed by atoms with E-state index in [0.29, 0.717) is 16.8 Å². The van der Waals surface area contributed by atoms with E-state index in [1.54, 1.807) is 18.3 Å². The molecule has 4 rings (SSSR count). The van der Waals surface area contributed by atoms with Crippen molar-refractivity contribution in [2.75, 3.05) is 24.6 Å². The number of anilines is 1. The second kappa shape index (κ2) is 9.95. The Balaban J connectivity index is 1.41. The van der Waals surface area contributed by atoms with Gasteiger partial charge in [-0.25, -0.2) is 10.2 Å². The van der Waals surface area contributed by atoms with Crippen molar-refractivity contribution in [3.05, 3.63) is 76.8 Å². The minimum Gasteiger partial charge on any atom is -0.481 e. The maximum absolute atomic E-state index is 12.3. The number of ether oxygens (including phenoxy) is 1. The Kier molecular flexibility index (Phi) is 6.64. The Morgan fingerprint density at radius 1 is 1.12 bits per heavy atom. The first kappa shape index (κ1) is 22.0. The van der Waals surface area contributed by atoms with Crippen LogP contribution >= 0.6 is 0 Å². The van der Waals surface area contributed by atoms with Crippen molar-refractivity contribution >= 4 is 39.7 Å². The van der Waals surface area contributed by atoms with Crippen molar-refractivity contribution < 1.29 is 13.9 Å². The van der Waals surface area contributed by atoms with Crippen LogP contribution in [0, 0.1) is 0 Å². The summed E-state index contributed by atoms with van der Waals surface area (Å²) in [6, 6.07) is 16.7. The molecule has 2 heterocycles. The number of nitrogens with one attached hydrogen (secondary N) is 1. The van der Waals surface area contributed by atoms with Crippen LogP contribution < -0.4 is 20.7 Å². The van der Waals surface area contributed by atoms with E-state index in [0.717, 1.165) is 29.5 Å². The number of amides is 1. The van der Waals surface area contributed by atoms with Gasteiger partial charge in [-0.1, -0.05) is 18.2 Å². The van der Waals surface area contributed by atoms with Gasteiger partial charge in [0.1, 0.15) is 16.8 Å². The second-order valence-electron chi connectivity index (χ2n) is 7.30. The van der Waals surface area contributed by atoms with Gasteiger partial charge in [-0.2, -0.15) is 5.10 Å². The van der Waals surface area contributed by atoms with E-state index < -0.39 is 11.5 Å². The highest BCUT2D eigenvalue weighted by atomic mass is 16.5. The smallest absolute Gasteiger partial charge is 0.345 e. The fourth-order valence-electron chi connectivity index (χ4n) is 3.53. The largest absolute Gasteiger partial charge is 0.481 e. The molecular weight excluding hydrogens is 420 g/mol. The van der Waals surface area contributed by atoms with E-state index in [-0.39, 0.29) is 12.2 Å². The van der Waals surface area contributed by atoms with E-state index in [1.165, 1.54) is 6.21 Å². The predicted molar refractivity (Wildman–Crippen MR) is 129 cm³/mol. The molecule has 8 heteroatoms. The average Bonchev–Trinajstić information content (AvgIpc) is 2.84. The van der Waals surface area contributed by atoms with E-state index in [4.69, 9.17) is 9.15 Å². The topological polar surface area (TPSA) is 97.0 Å². The number of hydrazone groups is 1. The second-order valence-corrected chi connectivity index (χ2v) is 7.30. The third-order valence-corrected chi connectivity index (χ3v) is 5.22. The highest BCUT2D eigenvalue weighted by molar-refractivity contribution is 5.89. The van der Waals surface area contributed by atoms with Gasteiger partial charge in [0.2, 0.25) is 0 Å². The summed E-state index contributed by atoms with van der Waals surface area (Å²) in [7, 11) is 0. The van der Waals surface area contributed by atoms with Gasteiger partial charge >= 0.3 is 5.63 Å². The fraction of sp³-hybridized carbons (Fsp3) is 0.200. The van der Waals surface area contributed by atoms with Crippen molar-refractivity contribution in [2.45, 2.75) is 13.8 Å². The Morgan fingerprint density at radius 2 is 1.94 bits per heavy atom. The molecule has 4 aromatic rings. The molecule has 2 aromatic carbocycles. The maximum Gasteiger partial charge on any atom is 0.345 e. The number of hydrogen-bond acceptors (Lipinski definition) is 7. The lowest BCUT2D eigenvalue weighted by molar-refractivity contribution is -0.123. The molecule has 0 spiro atoms. The number of carbonyl (C=O) groups is 1. The van der Waals surface area contributed by atoms with E-state index >= 15 is 0 Å². The third kappa shape index (κ3) is 5.01. The van der Waals surface area contributed by atoms with Crippen molar-refractivity contribution in [2.24, 2.45) is 5.10 Å². The number of fused-ring (bicyclic) bond motifs is 2. The van der Waals surface area contributed by atoms with Crippen LogP contribution in [0.2, 0.25) is 0 Å². The van der Waals surface area contributed by atoms with E-state index in [9.17, 15) is 9.59 Å². The van der Waals surface area contributed by atoms with Crippen molar-refractivity contribution in [1.29, 1.82) is 0 Å². The molecule has 0 unspecified atom stereocenters. The molecule has 1 N–H and O–H groups in total. The maximum atomic E-state index is 12.3. The van der Waals surface area contributed by atoms with Crippen LogP contribution in [-0.4, -0.2) is 36.8 Å². The summed E-state index contributed by atoms with van der Waals surface area (Å²) >= 11 is 0. The van der Waals surface area contributed by atoms with Gasteiger partial charge in [-0.05, 0) is 44.2 Å². The molecule has 0 fully saturated rings. The molecular formula is C25H24N4O4. The molecule has 0 aliphatic heterocycles. The van der Waals surface area contributed by atoms with Gasteiger partial charge in [-0.3, -0.25) is 9.78 Å². The molecule has 0 bridgehead atoms. The zero-order chi connectivity index (χ0) is 23.2. The summed E-state index contributed by atoms with van der Waals surface area (Å²) in [5.74, 6) is 0.0414. The summed E-state index contributed by atoms with van der Waals surface area (Å²) in [6.07, 6.45) is 2.93. The third-order valence-electron chi connectivity index (χ3n) is 5.22. The van der Waals surface area contributed by atoms with Crippen molar-refractivity contribution in [1.82, 2.24) is 10.4 Å². The molecule has 2 aromatic heterocycles. The zero-order valence-corrected chi connectivity index (χ0v) is 18.4. The number of benzene rings is 2. The molecule has 0 aliphatic carbocycles. The highest BCUT2D eigenvalue weighted by Crippen LogP contribution is 2.23. The molecule has 0 atom stereocenters. The molecule has 0 saturated carbocycles. The minimum atomic E-state index is -0.532. The normalized spacial score (nSPS) is 11.2. The van der Waals surface area contributed by atoms with Gasteiger partial charge in [0.25, 0.3) is 5.91 Å². The van der Waals surface area contributed by atoms with Crippen LogP contribution in [-0.2, 0) is 4.79 Å². The minimum absolute atomic E-state index is 0.234. The Labute approximate surface area is 190 Å². The molecule has 33 heavy (non-hydrogen) atoms. The summed E-state index contributed by atoms with van der Waals surface area (Å²) < 4.78 is 11.0. The van der Waals surface area contributed by atoms with Crippen LogP contribution in [0.25, 0.3) is 21.9 Å². The van der Waals surface area contributed by atoms with Gasteiger partial charge in [0, 0.05) is 41.8 Å². The summed E-state index contributed by atoms with van der Waals surface area (Å²) in [4.78, 5) is 30.9. The average molecular weight is 444 g/mol. The molecule has 0 radical (unpaired) electrons. The van der Waals surface area contributed by atoms with Crippen molar-refractivity contribution in [3.63, 3.8) is 0 Å². The lowest BCUT2D eigenvalue weighted by Crippen LogP contribution is -2.25. The number of para-hydroxylation sites is 1. The van der Waals surface area contributed by atoms with E-state index in [1.807, 2.05) is 42.5 Å². The number of rotatable bonds is 8. The van der Waals surface area contributed by atoms with Crippen LogP contribution in [0.5, 0.6) is 5.75 Å². The van der Waals surface area contributed by atoms with Crippen molar-refractivity contribution in [3.8, 4) is 5.75 Å². The van der Waals surface area contributed by atoms with Crippen LogP contribution in [0.15, 0.2) is 75.1 Å². The summed E-state index contributed by atoms with van der Waals surface area (Å²) in [5.41, 5.74) is 4.23. The Hall–Kier alpha value is -4.20. The van der Waals surface area contributed by atoms with Crippen LogP contribution in [0.3, 0.4) is 0 Å². The highest BCUT2D eigenvalue weighted by Gasteiger charge is 2.09. The first-order chi connectivity index (χ1) is 16.1. The van der Waals surface area contributed by atoms with E-state index in [2.05, 4.69) is 34.3 Å². The number of pyridine rings is 1. The number of nitrogens with zero attached hydrogens (tertiary/aromatic N) is 3. The molecule has 1 amide bonds. The lowest BCUT2D eigenvalue weighted by Gasteiger charge is -2.20.